The number of nitrogens with two attached hydrogens (primary N) is 1. The van der Waals surface area contributed by atoms with Gasteiger partial charge in [-0.1, -0.05) is 22.0 Å². The molecule has 1 aromatic carbocycles. The fourth-order valence-electron chi connectivity index (χ4n) is 1.48. The minimum atomic E-state index is -0.0994. The molecule has 1 unspecified atom stereocenters. The van der Waals surface area contributed by atoms with Crippen LogP contribution >= 0.6 is 15.9 Å². The molecule has 0 spiro atoms. The van der Waals surface area contributed by atoms with Gasteiger partial charge in [0, 0.05) is 30.2 Å². The van der Waals surface area contributed by atoms with E-state index in [-0.39, 0.29) is 11.9 Å². The zero-order chi connectivity index (χ0) is 13.7. The predicted octanol–water partition coefficient (Wildman–Crippen LogP) is 2.33. The van der Waals surface area contributed by atoms with Crippen LogP contribution in [0.25, 0.3) is 0 Å². The molecule has 1 amide bonds. The zero-order valence-corrected chi connectivity index (χ0v) is 12.5. The molecule has 4 nitrogen and oxygen atoms in total. The van der Waals surface area contributed by atoms with Crippen LogP contribution in [0.5, 0.6) is 5.75 Å². The molecule has 0 aliphatic rings. The van der Waals surface area contributed by atoms with Gasteiger partial charge in [0.15, 0.2) is 0 Å². The van der Waals surface area contributed by atoms with Gasteiger partial charge < -0.3 is 15.4 Å². The van der Waals surface area contributed by atoms with Gasteiger partial charge in [-0.25, -0.2) is 0 Å². The first-order valence-corrected chi connectivity index (χ1v) is 6.59. The average molecular weight is 315 g/mol. The van der Waals surface area contributed by atoms with E-state index >= 15 is 0 Å². The van der Waals surface area contributed by atoms with Crippen LogP contribution in [0.3, 0.4) is 0 Å². The van der Waals surface area contributed by atoms with E-state index in [2.05, 4.69) is 15.9 Å². The lowest BCUT2D eigenvalue weighted by Crippen LogP contribution is -2.23. The summed E-state index contributed by atoms with van der Waals surface area (Å²) in [4.78, 5) is 13.0. The summed E-state index contributed by atoms with van der Waals surface area (Å²) in [5.41, 5.74) is 6.81. The molecule has 0 heterocycles. The summed E-state index contributed by atoms with van der Waals surface area (Å²) in [6.45, 7) is 2.26. The van der Waals surface area contributed by atoms with Gasteiger partial charge in [-0.2, -0.15) is 0 Å². The monoisotopic (exact) mass is 314 g/mol. The molecule has 0 fully saturated rings. The Morgan fingerprint density at radius 2 is 2.17 bits per heavy atom. The van der Waals surface area contributed by atoms with E-state index in [1.54, 1.807) is 19.0 Å². The van der Waals surface area contributed by atoms with Gasteiger partial charge in [-0.05, 0) is 19.1 Å². The van der Waals surface area contributed by atoms with E-state index < -0.39 is 0 Å². The lowest BCUT2D eigenvalue weighted by molar-refractivity contribution is -0.129. The number of rotatable bonds is 5. The van der Waals surface area contributed by atoms with Gasteiger partial charge in [-0.3, -0.25) is 4.79 Å². The van der Waals surface area contributed by atoms with E-state index in [0.717, 1.165) is 15.8 Å². The fraction of sp³-hybridized carbons (Fsp3) is 0.462. The second-order valence-electron chi connectivity index (χ2n) is 4.36. The van der Waals surface area contributed by atoms with Gasteiger partial charge in [0.1, 0.15) is 5.75 Å². The van der Waals surface area contributed by atoms with Crippen molar-refractivity contribution < 1.29 is 9.53 Å². The smallest absolute Gasteiger partial charge is 0.225 e. The maximum absolute atomic E-state index is 11.4. The Morgan fingerprint density at radius 3 is 2.72 bits per heavy atom. The third-order valence-corrected chi connectivity index (χ3v) is 3.03. The summed E-state index contributed by atoms with van der Waals surface area (Å²) in [5, 5.41) is 0. The van der Waals surface area contributed by atoms with Crippen molar-refractivity contribution in [1.29, 1.82) is 0 Å². The normalized spacial score (nSPS) is 12.1. The summed E-state index contributed by atoms with van der Waals surface area (Å²) in [6.07, 6.45) is 0.359. The highest BCUT2D eigenvalue weighted by Crippen LogP contribution is 2.27. The molecule has 0 radical (unpaired) electrons. The largest absolute Gasteiger partial charge is 0.493 e. The molecule has 2 N–H and O–H groups in total. The molecule has 1 rings (SSSR count). The van der Waals surface area contributed by atoms with E-state index in [1.165, 1.54) is 0 Å². The van der Waals surface area contributed by atoms with Gasteiger partial charge in [0.2, 0.25) is 5.91 Å². The molecule has 100 valence electrons. The Morgan fingerprint density at radius 1 is 1.50 bits per heavy atom. The van der Waals surface area contributed by atoms with Crippen LogP contribution < -0.4 is 10.5 Å². The van der Waals surface area contributed by atoms with Crippen molar-refractivity contribution in [1.82, 2.24) is 4.90 Å². The second-order valence-corrected chi connectivity index (χ2v) is 5.27. The highest BCUT2D eigenvalue weighted by Gasteiger charge is 2.10. The minimum Gasteiger partial charge on any atom is -0.493 e. The van der Waals surface area contributed by atoms with Crippen LogP contribution in [0.2, 0.25) is 0 Å². The Bertz CT molecular complexity index is 419. The number of carbonyl (C=O) groups excluding carboxylic acids is 1. The number of hydrogen-bond donors (Lipinski definition) is 1. The Hall–Kier alpha value is -1.07. The fourth-order valence-corrected chi connectivity index (χ4v) is 1.82. The van der Waals surface area contributed by atoms with E-state index in [4.69, 9.17) is 10.5 Å². The van der Waals surface area contributed by atoms with Crippen LogP contribution in [0.15, 0.2) is 22.7 Å². The van der Waals surface area contributed by atoms with Crippen molar-refractivity contribution in [3.8, 4) is 5.75 Å². The summed E-state index contributed by atoms with van der Waals surface area (Å²) in [5.74, 6) is 0.776. The number of ether oxygens (including phenoxy) is 1. The van der Waals surface area contributed by atoms with Crippen LogP contribution in [0, 0.1) is 0 Å². The highest BCUT2D eigenvalue weighted by molar-refractivity contribution is 9.10. The minimum absolute atomic E-state index is 0.0485. The van der Waals surface area contributed by atoms with Crippen LogP contribution in [0.4, 0.5) is 0 Å². The molecule has 0 bridgehead atoms. The van der Waals surface area contributed by atoms with Crippen molar-refractivity contribution in [2.75, 3.05) is 20.7 Å². The molecule has 0 aliphatic heterocycles. The SMILES string of the molecule is CC(N)c1ccc(Br)cc1OCCC(=O)N(C)C. The number of hydrogen-bond acceptors (Lipinski definition) is 3. The molecule has 5 heteroatoms. The topological polar surface area (TPSA) is 55.6 Å². The third-order valence-electron chi connectivity index (χ3n) is 2.54. The van der Waals surface area contributed by atoms with Crippen molar-refractivity contribution >= 4 is 21.8 Å². The molecule has 0 aromatic heterocycles. The van der Waals surface area contributed by atoms with E-state index in [0.29, 0.717) is 13.0 Å². The first-order chi connectivity index (χ1) is 8.41. The van der Waals surface area contributed by atoms with Crippen molar-refractivity contribution in [2.45, 2.75) is 19.4 Å². The van der Waals surface area contributed by atoms with Gasteiger partial charge in [-0.15, -0.1) is 0 Å². The Balaban J connectivity index is 2.66. The standard InChI is InChI=1S/C13H19BrN2O2/c1-9(15)11-5-4-10(14)8-12(11)18-7-6-13(17)16(2)3/h4-5,8-9H,6-7,15H2,1-3H3. The molecule has 0 aliphatic carbocycles. The number of nitrogens with zero attached hydrogens (tertiary/aromatic N) is 1. The Labute approximate surface area is 116 Å². The van der Waals surface area contributed by atoms with Crippen molar-refractivity contribution in [2.24, 2.45) is 5.73 Å². The van der Waals surface area contributed by atoms with E-state index in [9.17, 15) is 4.79 Å². The molecule has 1 aromatic rings. The Kier molecular flexibility index (Phi) is 5.62. The van der Waals surface area contributed by atoms with Crippen LogP contribution in [0.1, 0.15) is 24.9 Å². The highest BCUT2D eigenvalue weighted by atomic mass is 79.9. The lowest BCUT2D eigenvalue weighted by atomic mass is 10.1. The summed E-state index contributed by atoms with van der Waals surface area (Å²) in [7, 11) is 3.46. The lowest BCUT2D eigenvalue weighted by Gasteiger charge is -2.15. The number of amides is 1. The van der Waals surface area contributed by atoms with Crippen LogP contribution in [-0.2, 0) is 4.79 Å². The summed E-state index contributed by atoms with van der Waals surface area (Å²) < 4.78 is 6.57. The van der Waals surface area contributed by atoms with Crippen molar-refractivity contribution in [3.63, 3.8) is 0 Å². The summed E-state index contributed by atoms with van der Waals surface area (Å²) >= 11 is 3.39. The number of halogens is 1. The van der Waals surface area contributed by atoms with Crippen LogP contribution in [-0.4, -0.2) is 31.5 Å². The zero-order valence-electron chi connectivity index (χ0n) is 10.9. The molecular weight excluding hydrogens is 296 g/mol. The predicted molar refractivity (Wildman–Crippen MR) is 75.6 cm³/mol. The van der Waals surface area contributed by atoms with E-state index in [1.807, 2.05) is 25.1 Å². The first-order valence-electron chi connectivity index (χ1n) is 5.79. The average Bonchev–Trinajstić information content (AvgIpc) is 2.28. The van der Waals surface area contributed by atoms with Crippen molar-refractivity contribution in [3.05, 3.63) is 28.2 Å². The second kappa shape index (κ2) is 6.75. The number of carbonyl (C=O) groups is 1. The quantitative estimate of drug-likeness (QED) is 0.907. The molecule has 0 saturated heterocycles. The van der Waals surface area contributed by atoms with Gasteiger partial charge in [0.25, 0.3) is 0 Å². The molecular formula is C13H19BrN2O2. The first kappa shape index (κ1) is 15.0. The molecule has 18 heavy (non-hydrogen) atoms. The third kappa shape index (κ3) is 4.31. The van der Waals surface area contributed by atoms with Gasteiger partial charge >= 0.3 is 0 Å². The number of benzene rings is 1. The maximum Gasteiger partial charge on any atom is 0.225 e. The summed E-state index contributed by atoms with van der Waals surface area (Å²) in [6, 6.07) is 5.63. The molecule has 0 saturated carbocycles. The van der Waals surface area contributed by atoms with Gasteiger partial charge in [0.05, 0.1) is 13.0 Å². The maximum atomic E-state index is 11.4. The molecule has 1 atom stereocenters.